The molecule has 1 N–H and O–H groups in total. The van der Waals surface area contributed by atoms with E-state index in [-0.39, 0.29) is 5.76 Å². The molecule has 2 rings (SSSR count). The Morgan fingerprint density at radius 1 is 0.867 bits per heavy atom. The summed E-state index contributed by atoms with van der Waals surface area (Å²) in [6.45, 7) is 3.89. The van der Waals surface area contributed by atoms with E-state index >= 15 is 0 Å². The Kier molecular flexibility index (Phi) is 2.55. The van der Waals surface area contributed by atoms with Crippen molar-refractivity contribution in [1.29, 1.82) is 0 Å². The van der Waals surface area contributed by atoms with Crippen LogP contribution < -0.4 is 10.4 Å². The van der Waals surface area contributed by atoms with E-state index in [1.165, 1.54) is 0 Å². The number of hydrogen-bond donors (Lipinski definition) is 1. The first-order valence-electron chi connectivity index (χ1n) is 4.82. The van der Waals surface area contributed by atoms with E-state index in [0.29, 0.717) is 0 Å². The number of aliphatic hydroxyl groups is 1. The molecule has 1 heteroatoms. The van der Waals surface area contributed by atoms with Crippen molar-refractivity contribution in [3.8, 4) is 0 Å². The lowest BCUT2D eigenvalue weighted by Crippen LogP contribution is -2.25. The molecule has 0 saturated heterocycles. The van der Waals surface area contributed by atoms with Gasteiger partial charge in [-0.3, -0.25) is 0 Å². The maximum absolute atomic E-state index is 10.0. The molecule has 0 amide bonds. The van der Waals surface area contributed by atoms with Gasteiger partial charge in [0.2, 0.25) is 0 Å². The minimum atomic E-state index is 0.279. The Hall–Kier alpha value is -2.02. The number of hydrogen-bond acceptors (Lipinski definition) is 1. The largest absolute Gasteiger partial charge is 0.507 e. The van der Waals surface area contributed by atoms with E-state index in [9.17, 15) is 5.11 Å². The van der Waals surface area contributed by atoms with Crippen LogP contribution in [0.3, 0.4) is 0 Å². The molecule has 2 aromatic carbocycles. The van der Waals surface area contributed by atoms with Crippen LogP contribution in [0.2, 0.25) is 0 Å². The van der Waals surface area contributed by atoms with Crippen LogP contribution >= 0.6 is 0 Å². The van der Waals surface area contributed by atoms with Crippen molar-refractivity contribution in [2.45, 2.75) is 0 Å². The molecular weight excluding hydrogens is 184 g/mol. The van der Waals surface area contributed by atoms with Gasteiger partial charge in [0.1, 0.15) is 5.76 Å². The predicted molar refractivity (Wildman–Crippen MR) is 62.8 cm³/mol. The summed E-state index contributed by atoms with van der Waals surface area (Å²) in [5, 5.41) is 11.7. The van der Waals surface area contributed by atoms with Crippen LogP contribution in [0.15, 0.2) is 54.6 Å². The lowest BCUT2D eigenvalue weighted by atomic mass is 10.1. The van der Waals surface area contributed by atoms with E-state index in [0.717, 1.165) is 16.0 Å². The van der Waals surface area contributed by atoms with Gasteiger partial charge in [0, 0.05) is 10.8 Å². The zero-order valence-electron chi connectivity index (χ0n) is 8.35. The van der Waals surface area contributed by atoms with Crippen molar-refractivity contribution in [2.24, 2.45) is 0 Å². The average molecular weight is 196 g/mol. The Morgan fingerprint density at radius 3 is 2.13 bits per heavy atom. The quantitative estimate of drug-likeness (QED) is 0.737. The molecule has 1 nitrogen and oxygen atoms in total. The predicted octanol–water partition coefficient (Wildman–Crippen LogP) is 1.81. The summed E-state index contributed by atoms with van der Waals surface area (Å²) in [7, 11) is 0. The monoisotopic (exact) mass is 196 g/mol. The molecule has 15 heavy (non-hydrogen) atoms. The Balaban J connectivity index is 2.71. The maximum atomic E-state index is 10.0. The highest BCUT2D eigenvalue weighted by molar-refractivity contribution is 5.58. The van der Waals surface area contributed by atoms with Gasteiger partial charge in [-0.25, -0.2) is 0 Å². The van der Waals surface area contributed by atoms with Crippen LogP contribution in [0.5, 0.6) is 0 Å². The molecule has 0 unspecified atom stereocenters. The van der Waals surface area contributed by atoms with Gasteiger partial charge in [-0.2, -0.15) is 0 Å². The van der Waals surface area contributed by atoms with E-state index < -0.39 is 0 Å². The molecule has 74 valence electrons. The number of benzene rings is 2. The van der Waals surface area contributed by atoms with Gasteiger partial charge in [0.05, 0.1) is 0 Å². The van der Waals surface area contributed by atoms with Gasteiger partial charge < -0.3 is 5.11 Å². The molecule has 0 radical (unpaired) electrons. The van der Waals surface area contributed by atoms with Crippen LogP contribution in [-0.2, 0) is 0 Å². The molecule has 0 bridgehead atoms. The summed E-state index contributed by atoms with van der Waals surface area (Å²) in [5.74, 6) is 0.279. The summed E-state index contributed by atoms with van der Waals surface area (Å²) in [4.78, 5) is 0. The first-order valence-corrected chi connectivity index (χ1v) is 4.82. The first kappa shape index (κ1) is 9.53. The average Bonchev–Trinajstić information content (AvgIpc) is 2.30. The molecule has 0 aliphatic carbocycles. The Morgan fingerprint density at radius 2 is 1.47 bits per heavy atom. The topological polar surface area (TPSA) is 20.2 Å². The zero-order chi connectivity index (χ0) is 10.7. The maximum Gasteiger partial charge on any atom is 0.130 e. The summed E-state index contributed by atoms with van der Waals surface area (Å²) in [5.41, 5.74) is 0.814. The fourth-order valence-corrected chi connectivity index (χ4v) is 1.50. The van der Waals surface area contributed by atoms with Crippen LogP contribution in [-0.4, -0.2) is 5.11 Å². The molecule has 0 aliphatic rings. The summed E-state index contributed by atoms with van der Waals surface area (Å²) < 4.78 is 0. The van der Waals surface area contributed by atoms with Crippen molar-refractivity contribution in [3.63, 3.8) is 0 Å². The third-order valence-electron chi connectivity index (χ3n) is 2.32. The van der Waals surface area contributed by atoms with Gasteiger partial charge in [-0.05, 0) is 5.22 Å². The fraction of sp³-hybridized carbons (Fsp3) is 0. The highest BCUT2D eigenvalue weighted by Crippen LogP contribution is 2.05. The summed E-state index contributed by atoms with van der Waals surface area (Å²) in [6, 6.07) is 17.0. The molecular formula is C14H12O. The van der Waals surface area contributed by atoms with Gasteiger partial charge in [0.25, 0.3) is 0 Å². The third-order valence-corrected chi connectivity index (χ3v) is 2.32. The van der Waals surface area contributed by atoms with Crippen LogP contribution in [0.1, 0.15) is 5.56 Å². The van der Waals surface area contributed by atoms with Gasteiger partial charge in [-0.1, -0.05) is 61.2 Å². The lowest BCUT2D eigenvalue weighted by Gasteiger charge is -1.99. The van der Waals surface area contributed by atoms with Crippen LogP contribution in [0.4, 0.5) is 0 Å². The van der Waals surface area contributed by atoms with Crippen molar-refractivity contribution in [1.82, 2.24) is 0 Å². The van der Waals surface area contributed by atoms with Crippen molar-refractivity contribution in [3.05, 3.63) is 70.6 Å². The Labute approximate surface area is 88.6 Å². The second-order valence-electron chi connectivity index (χ2n) is 3.37. The normalized spacial score (nSPS) is 12.3. The standard InChI is InChI=1S/C14H12O/c1-11-7-5-6-10-13(11)14(15)12-8-3-2-4-9-12/h2-10,15H,1H2/b14-13+. The second kappa shape index (κ2) is 4.01. The molecule has 0 aromatic heterocycles. The highest BCUT2D eigenvalue weighted by Gasteiger charge is 1.98. The van der Waals surface area contributed by atoms with Crippen LogP contribution in [0, 0.1) is 0 Å². The third kappa shape index (κ3) is 1.91. The van der Waals surface area contributed by atoms with Crippen molar-refractivity contribution >= 4 is 12.3 Å². The molecule has 0 saturated carbocycles. The molecule has 0 spiro atoms. The molecule has 0 heterocycles. The molecule has 0 aliphatic heterocycles. The van der Waals surface area contributed by atoms with Gasteiger partial charge >= 0.3 is 0 Å². The minimum Gasteiger partial charge on any atom is -0.507 e. The lowest BCUT2D eigenvalue weighted by molar-refractivity contribution is 0.507. The molecule has 0 atom stereocenters. The zero-order valence-corrected chi connectivity index (χ0v) is 8.35. The van der Waals surface area contributed by atoms with Crippen LogP contribution in [0.25, 0.3) is 12.3 Å². The van der Waals surface area contributed by atoms with E-state index in [2.05, 4.69) is 6.58 Å². The molecule has 0 fully saturated rings. The second-order valence-corrected chi connectivity index (χ2v) is 3.37. The first-order chi connectivity index (χ1) is 7.29. The molecule has 2 aromatic rings. The van der Waals surface area contributed by atoms with E-state index in [1.807, 2.05) is 54.6 Å². The smallest absolute Gasteiger partial charge is 0.130 e. The fourth-order valence-electron chi connectivity index (χ4n) is 1.50. The van der Waals surface area contributed by atoms with E-state index in [1.54, 1.807) is 0 Å². The highest BCUT2D eigenvalue weighted by atomic mass is 16.3. The Bertz CT molecular complexity index is 555. The summed E-state index contributed by atoms with van der Waals surface area (Å²) in [6.07, 6.45) is 0. The number of rotatable bonds is 1. The van der Waals surface area contributed by atoms with Crippen molar-refractivity contribution in [2.75, 3.05) is 0 Å². The van der Waals surface area contributed by atoms with Crippen molar-refractivity contribution < 1.29 is 5.11 Å². The number of aliphatic hydroxyl groups excluding tert-OH is 1. The SMILES string of the molecule is C=c1cccc/c1=C(\O)c1ccccc1. The van der Waals surface area contributed by atoms with E-state index in [4.69, 9.17) is 0 Å². The minimum absolute atomic E-state index is 0.279. The summed E-state index contributed by atoms with van der Waals surface area (Å²) >= 11 is 0. The van der Waals surface area contributed by atoms with Gasteiger partial charge in [-0.15, -0.1) is 0 Å². The van der Waals surface area contributed by atoms with Gasteiger partial charge in [0.15, 0.2) is 0 Å².